The first-order valence-electron chi connectivity index (χ1n) is 14.2. The second kappa shape index (κ2) is 12.2. The standard InChI is InChI=1S/C33H54O6P2/c1-28(2,3)22-17-15-19-24(26(22)30(7,8)9)33(39-41(36)37,32(13,14)21-38-40(34)35)25-20-16-18-23(29(4,5)6)27(25)31(10,11)12/h15-20,34-37H,21H2,1-14H3. The largest absolute Gasteiger partial charge is 0.328 e. The monoisotopic (exact) mass is 608 g/mol. The quantitative estimate of drug-likeness (QED) is 0.224. The van der Waals surface area contributed by atoms with Crippen LogP contribution in [0.2, 0.25) is 0 Å². The van der Waals surface area contributed by atoms with Gasteiger partial charge in [-0.15, -0.1) is 0 Å². The van der Waals surface area contributed by atoms with Crippen molar-refractivity contribution in [2.45, 2.75) is 124 Å². The molecule has 0 aliphatic carbocycles. The molecule has 0 aliphatic rings. The van der Waals surface area contributed by atoms with E-state index < -0.39 is 28.2 Å². The highest BCUT2D eigenvalue weighted by Gasteiger charge is 2.55. The molecule has 4 N–H and O–H groups in total. The molecule has 232 valence electrons. The molecule has 2 aromatic carbocycles. The van der Waals surface area contributed by atoms with Gasteiger partial charge in [0, 0.05) is 5.41 Å². The Morgan fingerprint density at radius 3 is 1.12 bits per heavy atom. The third kappa shape index (κ3) is 7.78. The zero-order valence-electron chi connectivity index (χ0n) is 27.7. The van der Waals surface area contributed by atoms with E-state index in [1.165, 1.54) is 0 Å². The number of rotatable bonds is 8. The highest BCUT2D eigenvalue weighted by Crippen LogP contribution is 2.59. The smallest absolute Gasteiger partial charge is 0.328 e. The summed E-state index contributed by atoms with van der Waals surface area (Å²) in [5.74, 6) is 0. The van der Waals surface area contributed by atoms with Gasteiger partial charge in [0.25, 0.3) is 0 Å². The maximum Gasteiger partial charge on any atom is 0.328 e. The molecule has 0 bridgehead atoms. The summed E-state index contributed by atoms with van der Waals surface area (Å²) in [6.07, 6.45) is 0. The zero-order chi connectivity index (χ0) is 32.0. The van der Waals surface area contributed by atoms with Crippen LogP contribution < -0.4 is 0 Å². The van der Waals surface area contributed by atoms with Crippen molar-refractivity contribution in [1.29, 1.82) is 0 Å². The topological polar surface area (TPSA) is 99.4 Å². The molecule has 0 fully saturated rings. The highest BCUT2D eigenvalue weighted by molar-refractivity contribution is 7.39. The number of hydrogen-bond donors (Lipinski definition) is 4. The van der Waals surface area contributed by atoms with E-state index in [1.54, 1.807) is 0 Å². The second-order valence-electron chi connectivity index (χ2n) is 15.9. The van der Waals surface area contributed by atoms with Crippen LogP contribution in [-0.4, -0.2) is 26.2 Å². The van der Waals surface area contributed by atoms with Crippen molar-refractivity contribution in [1.82, 2.24) is 0 Å². The molecule has 0 heterocycles. The van der Waals surface area contributed by atoms with Gasteiger partial charge in [-0.1, -0.05) is 133 Å². The molecule has 0 amide bonds. The molecule has 0 radical (unpaired) electrons. The minimum absolute atomic E-state index is 0.110. The molecule has 41 heavy (non-hydrogen) atoms. The molecule has 0 atom stereocenters. The first kappa shape index (κ1) is 36.3. The summed E-state index contributed by atoms with van der Waals surface area (Å²) in [6, 6.07) is 12.3. The summed E-state index contributed by atoms with van der Waals surface area (Å²) in [6.45, 7) is 29.8. The molecule has 8 heteroatoms. The summed E-state index contributed by atoms with van der Waals surface area (Å²) >= 11 is 0. The molecule has 2 aromatic rings. The lowest BCUT2D eigenvalue weighted by molar-refractivity contribution is -0.0488. The van der Waals surface area contributed by atoms with Gasteiger partial charge in [-0.05, 0) is 55.0 Å². The first-order valence-corrected chi connectivity index (χ1v) is 16.6. The van der Waals surface area contributed by atoms with E-state index in [9.17, 15) is 19.6 Å². The van der Waals surface area contributed by atoms with Gasteiger partial charge in [0.15, 0.2) is 0 Å². The minimum Gasteiger partial charge on any atom is -0.328 e. The Labute approximate surface area is 251 Å². The van der Waals surface area contributed by atoms with Gasteiger partial charge in [0.05, 0.1) is 6.61 Å². The minimum atomic E-state index is -2.87. The van der Waals surface area contributed by atoms with Crippen LogP contribution in [0.4, 0.5) is 0 Å². The van der Waals surface area contributed by atoms with Crippen molar-refractivity contribution in [3.63, 3.8) is 0 Å². The summed E-state index contributed by atoms with van der Waals surface area (Å²) in [4.78, 5) is 41.2. The fourth-order valence-electron chi connectivity index (χ4n) is 6.10. The predicted octanol–water partition coefficient (Wildman–Crippen LogP) is 8.60. The SMILES string of the molecule is CC(C)(C)c1cccc(C(OP(O)O)(c2cccc(C(C)(C)C)c2C(C)(C)C)C(C)(C)COP(O)O)c1C(C)(C)C. The molecule has 0 saturated carbocycles. The van der Waals surface area contributed by atoms with Crippen LogP contribution in [0.15, 0.2) is 36.4 Å². The predicted molar refractivity (Wildman–Crippen MR) is 172 cm³/mol. The molecule has 0 spiro atoms. The molecule has 6 nitrogen and oxygen atoms in total. The van der Waals surface area contributed by atoms with Crippen molar-refractivity contribution >= 4 is 17.2 Å². The third-order valence-corrected chi connectivity index (χ3v) is 8.51. The van der Waals surface area contributed by atoms with Crippen LogP contribution in [0.5, 0.6) is 0 Å². The van der Waals surface area contributed by atoms with Gasteiger partial charge in [-0.2, -0.15) is 0 Å². The molecule has 0 saturated heterocycles. The van der Waals surface area contributed by atoms with Gasteiger partial charge in [-0.3, -0.25) is 4.52 Å². The summed E-state index contributed by atoms with van der Waals surface area (Å²) in [7, 11) is -5.53. The van der Waals surface area contributed by atoms with Gasteiger partial charge >= 0.3 is 17.2 Å². The third-order valence-electron chi connectivity index (χ3n) is 7.72. The van der Waals surface area contributed by atoms with Crippen LogP contribution >= 0.6 is 17.2 Å². The van der Waals surface area contributed by atoms with Crippen LogP contribution in [0.1, 0.15) is 130 Å². The average molecular weight is 609 g/mol. The summed E-state index contributed by atoms with van der Waals surface area (Å²) in [5, 5.41) is 0. The van der Waals surface area contributed by atoms with Gasteiger partial charge in [-0.25, -0.2) is 0 Å². The Bertz CT molecular complexity index is 1120. The van der Waals surface area contributed by atoms with E-state index in [0.717, 1.165) is 33.4 Å². The molecule has 0 aliphatic heterocycles. The number of hydrogen-bond acceptors (Lipinski definition) is 6. The van der Waals surface area contributed by atoms with Gasteiger partial charge in [0.1, 0.15) is 5.60 Å². The van der Waals surface area contributed by atoms with Crippen molar-refractivity contribution in [3.8, 4) is 0 Å². The van der Waals surface area contributed by atoms with Crippen molar-refractivity contribution in [2.75, 3.05) is 6.61 Å². The van der Waals surface area contributed by atoms with Gasteiger partial charge < -0.3 is 24.1 Å². The molecule has 2 rings (SSSR count). The lowest BCUT2D eigenvalue weighted by Crippen LogP contribution is -2.50. The van der Waals surface area contributed by atoms with E-state index in [2.05, 4.69) is 95.2 Å². The Hall–Kier alpha value is -0.940. The van der Waals surface area contributed by atoms with Crippen molar-refractivity contribution in [3.05, 3.63) is 69.8 Å². The highest BCUT2D eigenvalue weighted by atomic mass is 31.2. The van der Waals surface area contributed by atoms with Crippen LogP contribution in [-0.2, 0) is 36.3 Å². The lowest BCUT2D eigenvalue weighted by Gasteiger charge is -2.51. The Kier molecular flexibility index (Phi) is 10.8. The van der Waals surface area contributed by atoms with E-state index in [0.29, 0.717) is 0 Å². The maximum absolute atomic E-state index is 10.8. The Balaban J connectivity index is 3.42. The molecule has 0 unspecified atom stereocenters. The van der Waals surface area contributed by atoms with E-state index in [-0.39, 0.29) is 28.3 Å². The van der Waals surface area contributed by atoms with Gasteiger partial charge in [0.2, 0.25) is 0 Å². The van der Waals surface area contributed by atoms with Crippen LogP contribution in [0.3, 0.4) is 0 Å². The normalized spacial score (nSPS) is 14.3. The lowest BCUT2D eigenvalue weighted by atomic mass is 9.59. The molecular formula is C33H54O6P2. The Morgan fingerprint density at radius 2 is 0.854 bits per heavy atom. The fourth-order valence-corrected chi connectivity index (χ4v) is 7.22. The summed E-state index contributed by atoms with van der Waals surface area (Å²) in [5.41, 5.74) is 2.33. The first-order chi connectivity index (χ1) is 18.3. The van der Waals surface area contributed by atoms with E-state index in [1.807, 2.05) is 38.1 Å². The average Bonchev–Trinajstić information content (AvgIpc) is 2.77. The van der Waals surface area contributed by atoms with E-state index >= 15 is 0 Å². The maximum atomic E-state index is 10.8. The van der Waals surface area contributed by atoms with Crippen molar-refractivity contribution < 1.29 is 28.6 Å². The molecule has 0 aromatic heterocycles. The fraction of sp³-hybridized carbons (Fsp3) is 0.636. The van der Waals surface area contributed by atoms with Crippen LogP contribution in [0.25, 0.3) is 0 Å². The Morgan fingerprint density at radius 1 is 0.512 bits per heavy atom. The second-order valence-corrected chi connectivity index (χ2v) is 17.3. The zero-order valence-corrected chi connectivity index (χ0v) is 29.5. The number of benzene rings is 2. The van der Waals surface area contributed by atoms with Crippen molar-refractivity contribution in [2.24, 2.45) is 5.41 Å². The summed E-state index contributed by atoms with van der Waals surface area (Å²) < 4.78 is 12.1. The van der Waals surface area contributed by atoms with E-state index in [4.69, 9.17) is 9.05 Å². The van der Waals surface area contributed by atoms with Crippen LogP contribution in [0, 0.1) is 5.41 Å². The molecular weight excluding hydrogens is 554 g/mol.